The highest BCUT2D eigenvalue weighted by Crippen LogP contribution is 2.28. The fraction of sp³-hybridized carbons (Fsp3) is 0.0909. The van der Waals surface area contributed by atoms with E-state index in [1.165, 1.54) is 6.07 Å². The molecule has 88 valence electrons. The van der Waals surface area contributed by atoms with Gasteiger partial charge in [-0.3, -0.25) is 0 Å². The number of nitrogens with zero attached hydrogens (tertiary/aromatic N) is 2. The summed E-state index contributed by atoms with van der Waals surface area (Å²) in [6.45, 7) is 0. The summed E-state index contributed by atoms with van der Waals surface area (Å²) in [5.41, 5.74) is 0.765. The molecule has 17 heavy (non-hydrogen) atoms. The first kappa shape index (κ1) is 12.4. The number of aromatic hydroxyl groups is 1. The Balaban J connectivity index is 2.49. The van der Waals surface area contributed by atoms with Crippen LogP contribution in [-0.2, 0) is 0 Å². The van der Waals surface area contributed by atoms with Crippen molar-refractivity contribution in [3.8, 4) is 17.1 Å². The summed E-state index contributed by atoms with van der Waals surface area (Å²) in [4.78, 5) is 8.59. The Hall–Kier alpha value is -1.08. The highest BCUT2D eigenvalue weighted by Gasteiger charge is 2.07. The molecule has 0 fully saturated rings. The van der Waals surface area contributed by atoms with Crippen molar-refractivity contribution in [2.24, 2.45) is 0 Å². The van der Waals surface area contributed by atoms with Gasteiger partial charge in [0.25, 0.3) is 0 Å². The van der Waals surface area contributed by atoms with E-state index in [1.54, 1.807) is 25.4 Å². The molecule has 6 heteroatoms. The van der Waals surface area contributed by atoms with Crippen LogP contribution in [0.4, 0.5) is 5.82 Å². The van der Waals surface area contributed by atoms with E-state index in [1.807, 2.05) is 0 Å². The van der Waals surface area contributed by atoms with Crippen molar-refractivity contribution in [1.29, 1.82) is 0 Å². The highest BCUT2D eigenvalue weighted by atomic mass is 127. The van der Waals surface area contributed by atoms with Gasteiger partial charge in [0.15, 0.2) is 5.82 Å². The minimum Gasteiger partial charge on any atom is -0.506 e. The van der Waals surface area contributed by atoms with Gasteiger partial charge < -0.3 is 10.4 Å². The average Bonchev–Trinajstić information content (AvgIpc) is 2.33. The first-order valence-electron chi connectivity index (χ1n) is 4.81. The molecule has 0 aliphatic heterocycles. The molecule has 0 aliphatic rings. The van der Waals surface area contributed by atoms with Crippen LogP contribution in [-0.4, -0.2) is 22.1 Å². The lowest BCUT2D eigenvalue weighted by atomic mass is 10.2. The van der Waals surface area contributed by atoms with Crippen molar-refractivity contribution in [1.82, 2.24) is 9.97 Å². The van der Waals surface area contributed by atoms with Gasteiger partial charge in [-0.2, -0.15) is 0 Å². The van der Waals surface area contributed by atoms with Crippen molar-refractivity contribution in [3.63, 3.8) is 0 Å². The Kier molecular flexibility index (Phi) is 3.68. The third-order valence-electron chi connectivity index (χ3n) is 2.19. The van der Waals surface area contributed by atoms with Gasteiger partial charge in [0.2, 0.25) is 0 Å². The molecule has 0 saturated heterocycles. The van der Waals surface area contributed by atoms with E-state index in [9.17, 15) is 5.11 Å². The van der Waals surface area contributed by atoms with Crippen LogP contribution in [0, 0.1) is 3.57 Å². The summed E-state index contributed by atoms with van der Waals surface area (Å²) in [5.74, 6) is 1.38. The van der Waals surface area contributed by atoms with Gasteiger partial charge in [0.1, 0.15) is 11.6 Å². The van der Waals surface area contributed by atoms with Crippen molar-refractivity contribution < 1.29 is 5.11 Å². The Morgan fingerprint density at radius 2 is 2.18 bits per heavy atom. The number of hydrogen-bond acceptors (Lipinski definition) is 4. The van der Waals surface area contributed by atoms with E-state index in [0.29, 0.717) is 5.82 Å². The Labute approximate surface area is 117 Å². The van der Waals surface area contributed by atoms with E-state index < -0.39 is 0 Å². The first-order valence-corrected chi connectivity index (χ1v) is 6.26. The van der Waals surface area contributed by atoms with Crippen molar-refractivity contribution in [2.45, 2.75) is 0 Å². The monoisotopic (exact) mass is 361 g/mol. The lowest BCUT2D eigenvalue weighted by Crippen LogP contribution is -1.99. The Morgan fingerprint density at radius 3 is 2.82 bits per heavy atom. The Bertz CT molecular complexity index is 562. The zero-order valence-corrected chi connectivity index (χ0v) is 11.8. The second kappa shape index (κ2) is 5.05. The number of aromatic nitrogens is 2. The molecule has 0 amide bonds. The van der Waals surface area contributed by atoms with Gasteiger partial charge in [-0.1, -0.05) is 11.6 Å². The smallest absolute Gasteiger partial charge is 0.161 e. The normalized spacial score (nSPS) is 10.3. The van der Waals surface area contributed by atoms with Crippen LogP contribution in [0.2, 0.25) is 5.02 Å². The van der Waals surface area contributed by atoms with Crippen LogP contribution in [0.1, 0.15) is 0 Å². The third kappa shape index (κ3) is 2.61. The maximum absolute atomic E-state index is 9.35. The molecule has 1 aromatic heterocycles. The van der Waals surface area contributed by atoms with E-state index in [4.69, 9.17) is 11.6 Å². The topological polar surface area (TPSA) is 58.0 Å². The Morgan fingerprint density at radius 1 is 1.41 bits per heavy atom. The third-order valence-corrected chi connectivity index (χ3v) is 3.28. The number of halogens is 2. The zero-order valence-electron chi connectivity index (χ0n) is 8.91. The van der Waals surface area contributed by atoms with Crippen molar-refractivity contribution in [2.75, 3.05) is 12.4 Å². The van der Waals surface area contributed by atoms with Gasteiger partial charge >= 0.3 is 0 Å². The number of rotatable bonds is 2. The highest BCUT2D eigenvalue weighted by molar-refractivity contribution is 14.1. The van der Waals surface area contributed by atoms with Crippen LogP contribution in [0.3, 0.4) is 0 Å². The lowest BCUT2D eigenvalue weighted by Gasteiger charge is -2.06. The molecule has 0 saturated carbocycles. The zero-order chi connectivity index (χ0) is 12.4. The predicted octanol–water partition coefficient (Wildman–Crippen LogP) is 3.15. The summed E-state index contributed by atoms with van der Waals surface area (Å²) in [7, 11) is 1.80. The van der Waals surface area contributed by atoms with Crippen LogP contribution in [0.15, 0.2) is 24.4 Å². The molecule has 2 N–H and O–H groups in total. The predicted molar refractivity (Wildman–Crippen MR) is 76.4 cm³/mol. The SMILES string of the molecule is CNc1nc(-c2ccc(O)c(Cl)c2)ncc1I. The quantitative estimate of drug-likeness (QED) is 0.807. The minimum absolute atomic E-state index is 0.0507. The van der Waals surface area contributed by atoms with E-state index in [-0.39, 0.29) is 10.8 Å². The second-order valence-corrected chi connectivity index (χ2v) is 4.88. The number of phenolic OH excluding ortho intramolecular Hbond substituents is 1. The van der Waals surface area contributed by atoms with Crippen molar-refractivity contribution >= 4 is 40.0 Å². The molecule has 2 rings (SSSR count). The van der Waals surface area contributed by atoms with E-state index in [2.05, 4.69) is 37.9 Å². The number of hydrogen-bond donors (Lipinski definition) is 2. The van der Waals surface area contributed by atoms with Gasteiger partial charge in [-0.05, 0) is 40.8 Å². The molecular weight excluding hydrogens is 352 g/mol. The standard InChI is InChI=1S/C11H9ClIN3O/c1-14-11-8(13)5-15-10(16-11)6-2-3-9(17)7(12)4-6/h2-5,17H,1H3,(H,14,15,16). The van der Waals surface area contributed by atoms with Gasteiger partial charge in [-0.15, -0.1) is 0 Å². The molecule has 2 aromatic rings. The molecule has 4 nitrogen and oxygen atoms in total. The van der Waals surface area contributed by atoms with Crippen LogP contribution >= 0.6 is 34.2 Å². The fourth-order valence-corrected chi connectivity index (χ4v) is 2.04. The molecule has 0 radical (unpaired) electrons. The molecule has 0 atom stereocenters. The summed E-state index contributed by atoms with van der Waals surface area (Å²) >= 11 is 8.00. The van der Waals surface area contributed by atoms with Crippen molar-refractivity contribution in [3.05, 3.63) is 33.0 Å². The maximum Gasteiger partial charge on any atom is 0.161 e. The van der Waals surface area contributed by atoms with Crippen LogP contribution in [0.5, 0.6) is 5.75 Å². The van der Waals surface area contributed by atoms with Crippen LogP contribution < -0.4 is 5.32 Å². The fourth-order valence-electron chi connectivity index (χ4n) is 1.33. The molecule has 0 spiro atoms. The van der Waals surface area contributed by atoms with Gasteiger partial charge in [0, 0.05) is 18.8 Å². The van der Waals surface area contributed by atoms with E-state index in [0.717, 1.165) is 15.0 Å². The average molecular weight is 362 g/mol. The lowest BCUT2D eigenvalue weighted by molar-refractivity contribution is 0.475. The first-order chi connectivity index (χ1) is 8.11. The minimum atomic E-state index is 0.0507. The second-order valence-electron chi connectivity index (χ2n) is 3.31. The molecule has 0 bridgehead atoms. The van der Waals surface area contributed by atoms with E-state index >= 15 is 0 Å². The molecule has 0 unspecified atom stereocenters. The molecular formula is C11H9ClIN3O. The number of nitrogens with one attached hydrogen (secondary N) is 1. The maximum atomic E-state index is 9.35. The number of benzene rings is 1. The molecule has 1 aromatic carbocycles. The van der Waals surface area contributed by atoms with Gasteiger partial charge in [-0.25, -0.2) is 9.97 Å². The summed E-state index contributed by atoms with van der Waals surface area (Å²) in [6, 6.07) is 4.89. The summed E-state index contributed by atoms with van der Waals surface area (Å²) in [6.07, 6.45) is 1.73. The van der Waals surface area contributed by atoms with Gasteiger partial charge in [0.05, 0.1) is 8.59 Å². The summed E-state index contributed by atoms with van der Waals surface area (Å²) in [5, 5.41) is 12.6. The molecule has 0 aliphatic carbocycles. The number of phenols is 1. The molecule has 1 heterocycles. The summed E-state index contributed by atoms with van der Waals surface area (Å²) < 4.78 is 0.943. The number of anilines is 1. The van der Waals surface area contributed by atoms with Crippen LogP contribution in [0.25, 0.3) is 11.4 Å². The largest absolute Gasteiger partial charge is 0.506 e.